The lowest BCUT2D eigenvalue weighted by Gasteiger charge is -2.13. The van der Waals surface area contributed by atoms with Crippen LogP contribution in [-0.2, 0) is 0 Å². The van der Waals surface area contributed by atoms with E-state index < -0.39 is 0 Å². The summed E-state index contributed by atoms with van der Waals surface area (Å²) in [5.74, 6) is 0. The standard InChI is InChI=1S/C42H26N4/c43-27-28-10-12-29(13-11-28)31-16-17-33-23-34(19-18-32(33)22-31)35-15-14-30-6-5-7-37(38(30)24-35)36-25-41(39-8-1-3-20-44-39)46-42(26-36)40-9-2-4-21-45-40/h1-26H. The van der Waals surface area contributed by atoms with Crippen LogP contribution in [0.2, 0.25) is 0 Å². The lowest BCUT2D eigenvalue weighted by Crippen LogP contribution is -1.94. The quantitative estimate of drug-likeness (QED) is 0.201. The molecule has 0 fully saturated rings. The van der Waals surface area contributed by atoms with E-state index in [1.54, 1.807) is 12.4 Å². The molecule has 0 spiro atoms. The third-order valence-corrected chi connectivity index (χ3v) is 8.39. The second-order valence-electron chi connectivity index (χ2n) is 11.3. The van der Waals surface area contributed by atoms with Gasteiger partial charge in [-0.05, 0) is 122 Å². The fourth-order valence-corrected chi connectivity index (χ4v) is 6.02. The molecule has 46 heavy (non-hydrogen) atoms. The molecular weight excluding hydrogens is 560 g/mol. The van der Waals surface area contributed by atoms with Crippen LogP contribution in [0.15, 0.2) is 158 Å². The van der Waals surface area contributed by atoms with Crippen LogP contribution in [0.3, 0.4) is 0 Å². The summed E-state index contributed by atoms with van der Waals surface area (Å²) in [5.41, 5.74) is 10.7. The Hall–Kier alpha value is -6.44. The number of hydrogen-bond donors (Lipinski definition) is 0. The average molecular weight is 587 g/mol. The molecule has 8 aromatic rings. The van der Waals surface area contributed by atoms with Crippen molar-refractivity contribution in [3.8, 4) is 62.2 Å². The lowest BCUT2D eigenvalue weighted by atomic mass is 9.93. The van der Waals surface area contributed by atoms with Crippen molar-refractivity contribution in [3.05, 3.63) is 164 Å². The van der Waals surface area contributed by atoms with Gasteiger partial charge in [0, 0.05) is 12.4 Å². The molecule has 0 aliphatic carbocycles. The van der Waals surface area contributed by atoms with Gasteiger partial charge in [-0.15, -0.1) is 0 Å². The first kappa shape index (κ1) is 27.1. The molecule has 3 aromatic heterocycles. The molecule has 5 aromatic carbocycles. The average Bonchev–Trinajstić information content (AvgIpc) is 3.14. The van der Waals surface area contributed by atoms with Crippen molar-refractivity contribution in [2.75, 3.05) is 0 Å². The fraction of sp³-hybridized carbons (Fsp3) is 0. The minimum absolute atomic E-state index is 0.666. The minimum Gasteiger partial charge on any atom is -0.255 e. The van der Waals surface area contributed by atoms with Crippen LogP contribution in [0.5, 0.6) is 0 Å². The molecule has 0 saturated heterocycles. The Labute approximate surface area is 266 Å². The number of rotatable bonds is 5. The van der Waals surface area contributed by atoms with E-state index in [0.717, 1.165) is 56.2 Å². The molecule has 0 unspecified atom stereocenters. The van der Waals surface area contributed by atoms with Crippen molar-refractivity contribution in [1.29, 1.82) is 5.26 Å². The second kappa shape index (κ2) is 11.6. The number of hydrogen-bond acceptors (Lipinski definition) is 4. The van der Waals surface area contributed by atoms with Crippen molar-refractivity contribution in [2.24, 2.45) is 0 Å². The summed E-state index contributed by atoms with van der Waals surface area (Å²) in [6.07, 6.45) is 3.59. The monoisotopic (exact) mass is 586 g/mol. The maximum Gasteiger partial charge on any atom is 0.0991 e. The van der Waals surface area contributed by atoms with Gasteiger partial charge in [-0.25, -0.2) is 4.98 Å². The highest BCUT2D eigenvalue weighted by atomic mass is 14.8. The molecule has 0 radical (unpaired) electrons. The van der Waals surface area contributed by atoms with Gasteiger partial charge in [-0.3, -0.25) is 9.97 Å². The first-order valence-corrected chi connectivity index (χ1v) is 15.1. The molecule has 214 valence electrons. The SMILES string of the molecule is N#Cc1ccc(-c2ccc3cc(-c4ccc5cccc(-c6cc(-c7ccccn7)nc(-c7ccccn7)c6)c5c4)ccc3c2)cc1. The molecule has 0 amide bonds. The zero-order valence-electron chi connectivity index (χ0n) is 24.8. The summed E-state index contributed by atoms with van der Waals surface area (Å²) in [4.78, 5) is 14.2. The zero-order valence-corrected chi connectivity index (χ0v) is 24.8. The van der Waals surface area contributed by atoms with Crippen LogP contribution in [0.25, 0.3) is 77.7 Å². The molecule has 8 rings (SSSR count). The smallest absolute Gasteiger partial charge is 0.0991 e. The predicted octanol–water partition coefficient (Wildman–Crippen LogP) is 10.4. The van der Waals surface area contributed by atoms with Gasteiger partial charge in [-0.2, -0.15) is 5.26 Å². The second-order valence-corrected chi connectivity index (χ2v) is 11.3. The number of pyridine rings is 3. The van der Waals surface area contributed by atoms with Crippen LogP contribution in [0.1, 0.15) is 5.56 Å². The predicted molar refractivity (Wildman–Crippen MR) is 187 cm³/mol. The summed E-state index contributed by atoms with van der Waals surface area (Å²) in [6, 6.07) is 52.3. The number of aromatic nitrogens is 3. The Morgan fingerprint density at radius 1 is 0.413 bits per heavy atom. The summed E-state index contributed by atoms with van der Waals surface area (Å²) >= 11 is 0. The van der Waals surface area contributed by atoms with E-state index in [2.05, 4.69) is 101 Å². The largest absolute Gasteiger partial charge is 0.255 e. The normalized spacial score (nSPS) is 11.0. The van der Waals surface area contributed by atoms with Crippen molar-refractivity contribution < 1.29 is 0 Å². The van der Waals surface area contributed by atoms with Gasteiger partial charge in [0.2, 0.25) is 0 Å². The summed E-state index contributed by atoms with van der Waals surface area (Å²) in [6.45, 7) is 0. The number of nitriles is 1. The molecule has 4 heteroatoms. The van der Waals surface area contributed by atoms with E-state index in [1.165, 1.54) is 21.5 Å². The third kappa shape index (κ3) is 5.17. The fourth-order valence-electron chi connectivity index (χ4n) is 6.02. The van der Waals surface area contributed by atoms with Crippen LogP contribution in [0, 0.1) is 11.3 Å². The summed E-state index contributed by atoms with van der Waals surface area (Å²) in [7, 11) is 0. The minimum atomic E-state index is 0.666. The van der Waals surface area contributed by atoms with Crippen LogP contribution < -0.4 is 0 Å². The number of benzene rings is 5. The van der Waals surface area contributed by atoms with E-state index in [0.29, 0.717) is 5.56 Å². The first-order valence-electron chi connectivity index (χ1n) is 15.1. The highest BCUT2D eigenvalue weighted by molar-refractivity contribution is 6.00. The first-order chi connectivity index (χ1) is 22.7. The Morgan fingerprint density at radius 2 is 0.978 bits per heavy atom. The van der Waals surface area contributed by atoms with Crippen molar-refractivity contribution in [1.82, 2.24) is 15.0 Å². The maximum absolute atomic E-state index is 9.14. The highest BCUT2D eigenvalue weighted by Crippen LogP contribution is 2.36. The molecule has 0 saturated carbocycles. The summed E-state index contributed by atoms with van der Waals surface area (Å²) < 4.78 is 0. The van der Waals surface area contributed by atoms with E-state index in [1.807, 2.05) is 60.7 Å². The molecular formula is C42H26N4. The van der Waals surface area contributed by atoms with Crippen LogP contribution in [0.4, 0.5) is 0 Å². The van der Waals surface area contributed by atoms with E-state index in [4.69, 9.17) is 10.2 Å². The van der Waals surface area contributed by atoms with E-state index in [9.17, 15) is 0 Å². The molecule has 0 bridgehead atoms. The van der Waals surface area contributed by atoms with Crippen molar-refractivity contribution >= 4 is 21.5 Å². The molecule has 0 aliphatic heterocycles. The molecule has 0 aliphatic rings. The van der Waals surface area contributed by atoms with Gasteiger partial charge in [-0.1, -0.05) is 78.9 Å². The van der Waals surface area contributed by atoms with Gasteiger partial charge in [0.05, 0.1) is 34.4 Å². The third-order valence-electron chi connectivity index (χ3n) is 8.39. The molecule has 3 heterocycles. The Balaban J connectivity index is 1.22. The Kier molecular flexibility index (Phi) is 6.83. The van der Waals surface area contributed by atoms with Gasteiger partial charge in [0.15, 0.2) is 0 Å². The van der Waals surface area contributed by atoms with Crippen molar-refractivity contribution in [3.63, 3.8) is 0 Å². The summed E-state index contributed by atoms with van der Waals surface area (Å²) in [5, 5.41) is 13.8. The van der Waals surface area contributed by atoms with Gasteiger partial charge in [0.1, 0.15) is 0 Å². The van der Waals surface area contributed by atoms with E-state index in [-0.39, 0.29) is 0 Å². The van der Waals surface area contributed by atoms with Crippen molar-refractivity contribution in [2.45, 2.75) is 0 Å². The highest BCUT2D eigenvalue weighted by Gasteiger charge is 2.13. The molecule has 0 N–H and O–H groups in total. The van der Waals surface area contributed by atoms with Gasteiger partial charge < -0.3 is 0 Å². The molecule has 4 nitrogen and oxygen atoms in total. The Morgan fingerprint density at radius 3 is 1.57 bits per heavy atom. The van der Waals surface area contributed by atoms with E-state index >= 15 is 0 Å². The molecule has 0 atom stereocenters. The van der Waals surface area contributed by atoms with Crippen LogP contribution in [-0.4, -0.2) is 15.0 Å². The number of fused-ring (bicyclic) bond motifs is 2. The van der Waals surface area contributed by atoms with Crippen LogP contribution >= 0.6 is 0 Å². The lowest BCUT2D eigenvalue weighted by molar-refractivity contribution is 1.22. The maximum atomic E-state index is 9.14. The number of nitrogens with zero attached hydrogens (tertiary/aromatic N) is 4. The topological polar surface area (TPSA) is 62.5 Å². The van der Waals surface area contributed by atoms with Gasteiger partial charge in [0.25, 0.3) is 0 Å². The zero-order chi connectivity index (χ0) is 30.9. The van der Waals surface area contributed by atoms with Gasteiger partial charge >= 0.3 is 0 Å². The Bertz CT molecular complexity index is 2350.